The minimum absolute atomic E-state index is 0.0120. The molecule has 5 rings (SSSR count). The van der Waals surface area contributed by atoms with E-state index >= 15 is 0 Å². The number of hydrogen-bond acceptors (Lipinski definition) is 6. The number of anilines is 4. The van der Waals surface area contributed by atoms with E-state index in [1.54, 1.807) is 17.8 Å². The Hall–Kier alpha value is -3.94. The molecule has 186 valence electrons. The quantitative estimate of drug-likeness (QED) is 0.386. The highest BCUT2D eigenvalue weighted by Gasteiger charge is 2.39. The number of nitrogens with one attached hydrogen (secondary N) is 2. The lowest BCUT2D eigenvalue weighted by molar-refractivity contribution is -0.138. The van der Waals surface area contributed by atoms with E-state index < -0.39 is 0 Å². The monoisotopic (exact) mass is 483 g/mol. The molecule has 2 N–H and O–H groups in total. The largest absolute Gasteiger partial charge is 0.338 e. The molecule has 3 heterocycles. The van der Waals surface area contributed by atoms with Gasteiger partial charge in [-0.2, -0.15) is 10.1 Å². The van der Waals surface area contributed by atoms with E-state index in [1.807, 2.05) is 18.0 Å². The lowest BCUT2D eigenvalue weighted by atomic mass is 9.81. The lowest BCUT2D eigenvalue weighted by Gasteiger charge is -2.47. The van der Waals surface area contributed by atoms with Crippen molar-refractivity contribution in [3.63, 3.8) is 0 Å². The minimum atomic E-state index is -0.219. The van der Waals surface area contributed by atoms with Gasteiger partial charge in [0.05, 0.1) is 11.4 Å². The highest BCUT2D eigenvalue weighted by molar-refractivity contribution is 5.90. The van der Waals surface area contributed by atoms with Gasteiger partial charge in [-0.1, -0.05) is 24.3 Å². The predicted octanol–water partition coefficient (Wildman–Crippen LogP) is 5.71. The molecule has 0 aliphatic carbocycles. The Labute approximate surface area is 211 Å². The van der Waals surface area contributed by atoms with Gasteiger partial charge in [-0.05, 0) is 75.4 Å². The van der Waals surface area contributed by atoms with Crippen molar-refractivity contribution in [1.29, 1.82) is 0 Å². The SMILES string of the molecule is CC(=O)N1C(C)c2cc(Nc3ncc4c(Nc5c(C)cccc5C)nn(C)c4n3)ccc2CC1(C)C. The van der Waals surface area contributed by atoms with Gasteiger partial charge in [0.15, 0.2) is 11.5 Å². The fourth-order valence-corrected chi connectivity index (χ4v) is 5.59. The number of benzene rings is 2. The first kappa shape index (κ1) is 23.8. The molecule has 8 nitrogen and oxygen atoms in total. The summed E-state index contributed by atoms with van der Waals surface area (Å²) in [5.41, 5.74) is 7.17. The lowest BCUT2D eigenvalue weighted by Crippen LogP contribution is -2.52. The summed E-state index contributed by atoms with van der Waals surface area (Å²) in [5.74, 6) is 1.31. The van der Waals surface area contributed by atoms with Crippen LogP contribution in [0.1, 0.15) is 56.0 Å². The molecule has 8 heteroatoms. The number of amides is 1. The molecule has 4 aromatic rings. The second-order valence-electron chi connectivity index (χ2n) is 10.4. The van der Waals surface area contributed by atoms with Gasteiger partial charge < -0.3 is 15.5 Å². The molecule has 0 bridgehead atoms. The third-order valence-electron chi connectivity index (χ3n) is 7.16. The van der Waals surface area contributed by atoms with E-state index in [0.717, 1.165) is 51.3 Å². The number of hydrogen-bond donors (Lipinski definition) is 2. The summed E-state index contributed by atoms with van der Waals surface area (Å²) in [4.78, 5) is 23.7. The fraction of sp³-hybridized carbons (Fsp3) is 0.357. The third-order valence-corrected chi connectivity index (χ3v) is 7.16. The summed E-state index contributed by atoms with van der Waals surface area (Å²) in [6, 6.07) is 12.5. The first-order chi connectivity index (χ1) is 17.0. The number of nitrogens with zero attached hydrogens (tertiary/aromatic N) is 5. The zero-order valence-electron chi connectivity index (χ0n) is 22.0. The van der Waals surface area contributed by atoms with E-state index in [0.29, 0.717) is 5.95 Å². The van der Waals surface area contributed by atoms with Crippen molar-refractivity contribution in [2.75, 3.05) is 10.6 Å². The van der Waals surface area contributed by atoms with Gasteiger partial charge in [0.25, 0.3) is 0 Å². The first-order valence-corrected chi connectivity index (χ1v) is 12.3. The number of fused-ring (bicyclic) bond motifs is 2. The van der Waals surface area contributed by atoms with Crippen molar-refractivity contribution >= 4 is 40.1 Å². The van der Waals surface area contributed by atoms with Crippen molar-refractivity contribution in [2.45, 2.75) is 59.5 Å². The number of carbonyl (C=O) groups excluding carboxylic acids is 1. The van der Waals surface area contributed by atoms with Crippen molar-refractivity contribution in [1.82, 2.24) is 24.6 Å². The van der Waals surface area contributed by atoms with Crippen molar-refractivity contribution in [2.24, 2.45) is 7.05 Å². The van der Waals surface area contributed by atoms with Crippen LogP contribution in [0.15, 0.2) is 42.6 Å². The zero-order valence-corrected chi connectivity index (χ0v) is 22.0. The van der Waals surface area contributed by atoms with Crippen molar-refractivity contribution in [3.05, 3.63) is 64.8 Å². The average molecular weight is 484 g/mol. The molecule has 1 aliphatic heterocycles. The fourth-order valence-electron chi connectivity index (χ4n) is 5.59. The van der Waals surface area contributed by atoms with E-state index in [1.165, 1.54) is 5.56 Å². The van der Waals surface area contributed by atoms with Crippen LogP contribution in [-0.2, 0) is 18.3 Å². The van der Waals surface area contributed by atoms with E-state index in [-0.39, 0.29) is 17.5 Å². The zero-order chi connectivity index (χ0) is 25.8. The Balaban J connectivity index is 1.44. The van der Waals surface area contributed by atoms with E-state index in [2.05, 4.69) is 85.7 Å². The smallest absolute Gasteiger partial charge is 0.229 e. The summed E-state index contributed by atoms with van der Waals surface area (Å²) in [6.07, 6.45) is 2.62. The third kappa shape index (κ3) is 4.06. The molecule has 1 aliphatic rings. The van der Waals surface area contributed by atoms with Crippen LogP contribution >= 0.6 is 0 Å². The Bertz CT molecular complexity index is 1470. The molecular weight excluding hydrogens is 450 g/mol. The van der Waals surface area contributed by atoms with Gasteiger partial charge in [0, 0.05) is 37.1 Å². The summed E-state index contributed by atoms with van der Waals surface area (Å²) in [5, 5.41) is 12.3. The summed E-state index contributed by atoms with van der Waals surface area (Å²) < 4.78 is 1.76. The molecule has 1 amide bonds. The standard InChI is InChI=1S/C28H33N7O/c1-16-9-8-10-17(2)24(16)31-25-23-15-29-27(32-26(23)34(7)33-25)30-21-12-11-20-14-28(5,6)35(19(4)36)18(3)22(20)13-21/h8-13,15,18H,14H2,1-7H3,(H,31,33)(H,29,30,32). The molecule has 1 unspecified atom stereocenters. The predicted molar refractivity (Wildman–Crippen MR) is 144 cm³/mol. The summed E-state index contributed by atoms with van der Waals surface area (Å²) >= 11 is 0. The molecule has 0 saturated carbocycles. The summed E-state index contributed by atoms with van der Waals surface area (Å²) in [7, 11) is 1.88. The number of aromatic nitrogens is 4. The van der Waals surface area contributed by atoms with Crippen LogP contribution in [0.5, 0.6) is 0 Å². The minimum Gasteiger partial charge on any atom is -0.338 e. The van der Waals surface area contributed by atoms with Crippen LogP contribution in [0, 0.1) is 13.8 Å². The molecule has 2 aromatic carbocycles. The maximum absolute atomic E-state index is 12.4. The molecule has 0 fully saturated rings. The molecule has 2 aromatic heterocycles. The Kier molecular flexibility index (Phi) is 5.70. The number of rotatable bonds is 4. The van der Waals surface area contributed by atoms with Gasteiger partial charge in [0.2, 0.25) is 11.9 Å². The number of aryl methyl sites for hydroxylation is 3. The van der Waals surface area contributed by atoms with Gasteiger partial charge in [-0.3, -0.25) is 4.79 Å². The van der Waals surface area contributed by atoms with Gasteiger partial charge in [-0.25, -0.2) is 9.67 Å². The molecule has 36 heavy (non-hydrogen) atoms. The average Bonchev–Trinajstić information content (AvgIpc) is 3.11. The molecule has 1 atom stereocenters. The Morgan fingerprint density at radius 3 is 2.53 bits per heavy atom. The van der Waals surface area contributed by atoms with E-state index in [4.69, 9.17) is 4.98 Å². The maximum atomic E-state index is 12.4. The van der Waals surface area contributed by atoms with Crippen molar-refractivity contribution in [3.8, 4) is 0 Å². The van der Waals surface area contributed by atoms with Crippen LogP contribution in [0.3, 0.4) is 0 Å². The highest BCUT2D eigenvalue weighted by Crippen LogP contribution is 2.40. The van der Waals surface area contributed by atoms with Crippen LogP contribution in [0.4, 0.5) is 23.1 Å². The van der Waals surface area contributed by atoms with Crippen LogP contribution in [0.2, 0.25) is 0 Å². The first-order valence-electron chi connectivity index (χ1n) is 12.3. The molecule has 0 spiro atoms. The van der Waals surface area contributed by atoms with Gasteiger partial charge >= 0.3 is 0 Å². The second-order valence-corrected chi connectivity index (χ2v) is 10.4. The van der Waals surface area contributed by atoms with Crippen LogP contribution in [0.25, 0.3) is 11.0 Å². The topological polar surface area (TPSA) is 88.0 Å². The van der Waals surface area contributed by atoms with Gasteiger partial charge in [-0.15, -0.1) is 0 Å². The van der Waals surface area contributed by atoms with Crippen LogP contribution in [-0.4, -0.2) is 36.1 Å². The maximum Gasteiger partial charge on any atom is 0.229 e. The Morgan fingerprint density at radius 2 is 1.83 bits per heavy atom. The number of carbonyl (C=O) groups is 1. The van der Waals surface area contributed by atoms with E-state index in [9.17, 15) is 4.79 Å². The number of para-hydroxylation sites is 1. The van der Waals surface area contributed by atoms with Crippen molar-refractivity contribution < 1.29 is 4.79 Å². The molecule has 0 saturated heterocycles. The molecular formula is C28H33N7O. The highest BCUT2D eigenvalue weighted by atomic mass is 16.2. The van der Waals surface area contributed by atoms with Gasteiger partial charge in [0.1, 0.15) is 0 Å². The normalized spacial score (nSPS) is 16.6. The second kappa shape index (κ2) is 8.62. The summed E-state index contributed by atoms with van der Waals surface area (Å²) in [6.45, 7) is 12.1. The molecule has 0 radical (unpaired) electrons. The van der Waals surface area contributed by atoms with Crippen LogP contribution < -0.4 is 10.6 Å². The Morgan fingerprint density at radius 1 is 1.11 bits per heavy atom.